The summed E-state index contributed by atoms with van der Waals surface area (Å²) in [6.45, 7) is 2.55. The normalized spacial score (nSPS) is 14.3. The minimum absolute atomic E-state index is 0.218. The maximum Gasteiger partial charge on any atom is 0.235 e. The predicted octanol–water partition coefficient (Wildman–Crippen LogP) is 3.68. The van der Waals surface area contributed by atoms with Crippen molar-refractivity contribution in [2.24, 2.45) is 0 Å². The van der Waals surface area contributed by atoms with Crippen LogP contribution in [0.2, 0.25) is 0 Å². The van der Waals surface area contributed by atoms with Crippen molar-refractivity contribution in [1.29, 1.82) is 5.26 Å². The Balaban J connectivity index is 1.54. The number of aromatic nitrogens is 1. The number of rotatable bonds is 3. The first-order chi connectivity index (χ1) is 12.8. The molecular weight excluding hydrogens is 331 g/mol. The number of benzene rings is 2. The van der Waals surface area contributed by atoms with Crippen LogP contribution in [0.15, 0.2) is 59.0 Å². The number of hydrogen-bond acceptors (Lipinski definition) is 5. The van der Waals surface area contributed by atoms with E-state index in [-0.39, 0.29) is 11.5 Å². The quantitative estimate of drug-likeness (QED) is 0.723. The van der Waals surface area contributed by atoms with Crippen molar-refractivity contribution >= 4 is 11.6 Å². The van der Waals surface area contributed by atoms with Crippen LogP contribution in [0.4, 0.5) is 16.0 Å². The highest BCUT2D eigenvalue weighted by Gasteiger charge is 2.25. The van der Waals surface area contributed by atoms with E-state index in [1.807, 2.05) is 46.2 Å². The van der Waals surface area contributed by atoms with Crippen molar-refractivity contribution in [3.05, 3.63) is 66.1 Å². The largest absolute Gasteiger partial charge is 0.419 e. The summed E-state index contributed by atoms with van der Waals surface area (Å²) >= 11 is 0. The third-order valence-electron chi connectivity index (χ3n) is 4.50. The van der Waals surface area contributed by atoms with E-state index in [0.717, 1.165) is 5.56 Å². The zero-order chi connectivity index (χ0) is 17.9. The van der Waals surface area contributed by atoms with E-state index in [0.29, 0.717) is 43.6 Å². The van der Waals surface area contributed by atoms with Gasteiger partial charge in [0.15, 0.2) is 0 Å². The molecule has 2 aromatic carbocycles. The Morgan fingerprint density at radius 3 is 2.27 bits per heavy atom. The predicted molar refractivity (Wildman–Crippen MR) is 97.5 cm³/mol. The molecule has 1 aliphatic heterocycles. The molecule has 1 aliphatic rings. The fourth-order valence-electron chi connectivity index (χ4n) is 3.16. The van der Waals surface area contributed by atoms with Gasteiger partial charge in [-0.3, -0.25) is 0 Å². The van der Waals surface area contributed by atoms with Gasteiger partial charge >= 0.3 is 0 Å². The monoisotopic (exact) mass is 348 g/mol. The van der Waals surface area contributed by atoms with E-state index in [1.165, 1.54) is 6.07 Å². The van der Waals surface area contributed by atoms with Crippen LogP contribution in [0.1, 0.15) is 5.69 Å². The van der Waals surface area contributed by atoms with E-state index in [2.05, 4.69) is 11.1 Å². The van der Waals surface area contributed by atoms with E-state index in [9.17, 15) is 9.65 Å². The number of oxazole rings is 1. The van der Waals surface area contributed by atoms with Gasteiger partial charge in [0.2, 0.25) is 17.5 Å². The fraction of sp³-hybridized carbons (Fsp3) is 0.200. The summed E-state index contributed by atoms with van der Waals surface area (Å²) in [4.78, 5) is 8.32. The van der Waals surface area contributed by atoms with Gasteiger partial charge < -0.3 is 14.2 Å². The summed E-state index contributed by atoms with van der Waals surface area (Å²) < 4.78 is 19.9. The molecule has 0 N–H and O–H groups in total. The van der Waals surface area contributed by atoms with E-state index in [4.69, 9.17) is 4.42 Å². The maximum atomic E-state index is 14.0. The first kappa shape index (κ1) is 16.2. The second kappa shape index (κ2) is 6.89. The van der Waals surface area contributed by atoms with Crippen molar-refractivity contribution in [3.63, 3.8) is 0 Å². The topological polar surface area (TPSA) is 56.3 Å². The number of piperazine rings is 1. The molecule has 0 saturated carbocycles. The molecule has 26 heavy (non-hydrogen) atoms. The number of para-hydroxylation sites is 1. The van der Waals surface area contributed by atoms with Crippen LogP contribution in [-0.2, 0) is 0 Å². The second-order valence-corrected chi connectivity index (χ2v) is 6.08. The highest BCUT2D eigenvalue weighted by Crippen LogP contribution is 2.29. The minimum atomic E-state index is -0.218. The van der Waals surface area contributed by atoms with Gasteiger partial charge in [-0.2, -0.15) is 10.2 Å². The second-order valence-electron chi connectivity index (χ2n) is 6.08. The average Bonchev–Trinajstić information content (AvgIpc) is 3.14. The molecule has 1 saturated heterocycles. The number of anilines is 2. The molecule has 3 aromatic rings. The zero-order valence-electron chi connectivity index (χ0n) is 14.1. The van der Waals surface area contributed by atoms with Crippen LogP contribution in [0.25, 0.3) is 11.5 Å². The van der Waals surface area contributed by atoms with Crippen molar-refractivity contribution in [1.82, 2.24) is 4.98 Å². The summed E-state index contributed by atoms with van der Waals surface area (Å²) in [5.74, 6) is 0.706. The van der Waals surface area contributed by atoms with Crippen molar-refractivity contribution in [2.45, 2.75) is 0 Å². The minimum Gasteiger partial charge on any atom is -0.419 e. The fourth-order valence-corrected chi connectivity index (χ4v) is 3.16. The molecule has 0 atom stereocenters. The summed E-state index contributed by atoms with van der Waals surface area (Å²) in [6, 6.07) is 18.4. The number of nitrogens with zero attached hydrogens (tertiary/aromatic N) is 4. The Labute approximate surface area is 150 Å². The summed E-state index contributed by atoms with van der Waals surface area (Å²) in [5.41, 5.74) is 1.72. The van der Waals surface area contributed by atoms with Gasteiger partial charge in [-0.05, 0) is 24.3 Å². The SMILES string of the molecule is N#Cc1nc(-c2ccccc2)oc1N1CCN(c2ccccc2F)CC1. The molecular formula is C20H17FN4O. The zero-order valence-corrected chi connectivity index (χ0v) is 14.1. The molecule has 0 amide bonds. The number of hydrogen-bond donors (Lipinski definition) is 0. The van der Waals surface area contributed by atoms with Crippen LogP contribution in [0, 0.1) is 17.1 Å². The average molecular weight is 348 g/mol. The molecule has 0 spiro atoms. The first-order valence-electron chi connectivity index (χ1n) is 8.47. The Morgan fingerprint density at radius 1 is 0.923 bits per heavy atom. The van der Waals surface area contributed by atoms with Crippen molar-refractivity contribution < 1.29 is 8.81 Å². The molecule has 4 rings (SSSR count). The van der Waals surface area contributed by atoms with E-state index < -0.39 is 0 Å². The molecule has 1 fully saturated rings. The molecule has 130 valence electrons. The Morgan fingerprint density at radius 2 is 1.58 bits per heavy atom. The van der Waals surface area contributed by atoms with Gasteiger partial charge in [0, 0.05) is 31.7 Å². The van der Waals surface area contributed by atoms with Crippen LogP contribution in [-0.4, -0.2) is 31.2 Å². The lowest BCUT2D eigenvalue weighted by molar-refractivity contribution is 0.527. The van der Waals surface area contributed by atoms with E-state index >= 15 is 0 Å². The highest BCUT2D eigenvalue weighted by atomic mass is 19.1. The van der Waals surface area contributed by atoms with Crippen molar-refractivity contribution in [3.8, 4) is 17.5 Å². The molecule has 0 aliphatic carbocycles. The lowest BCUT2D eigenvalue weighted by Gasteiger charge is -2.36. The smallest absolute Gasteiger partial charge is 0.235 e. The van der Waals surface area contributed by atoms with Gasteiger partial charge in [-0.25, -0.2) is 4.39 Å². The molecule has 5 nitrogen and oxygen atoms in total. The van der Waals surface area contributed by atoms with Crippen LogP contribution >= 0.6 is 0 Å². The Hall–Kier alpha value is -3.33. The molecule has 0 unspecified atom stereocenters. The third-order valence-corrected chi connectivity index (χ3v) is 4.50. The molecule has 2 heterocycles. The van der Waals surface area contributed by atoms with Gasteiger partial charge in [0.05, 0.1) is 5.69 Å². The van der Waals surface area contributed by atoms with Crippen LogP contribution in [0.3, 0.4) is 0 Å². The molecule has 1 aromatic heterocycles. The Kier molecular flexibility index (Phi) is 4.28. The maximum absolute atomic E-state index is 14.0. The molecule has 6 heteroatoms. The summed E-state index contributed by atoms with van der Waals surface area (Å²) in [7, 11) is 0. The van der Waals surface area contributed by atoms with Crippen LogP contribution < -0.4 is 9.80 Å². The van der Waals surface area contributed by atoms with Crippen LogP contribution in [0.5, 0.6) is 0 Å². The lowest BCUT2D eigenvalue weighted by atomic mass is 10.2. The van der Waals surface area contributed by atoms with Gasteiger partial charge in [-0.15, -0.1) is 0 Å². The Bertz CT molecular complexity index is 940. The standard InChI is InChI=1S/C20H17FN4O/c21-16-8-4-5-9-18(16)24-10-12-25(13-11-24)20-17(14-22)23-19(26-20)15-6-2-1-3-7-15/h1-9H,10-13H2. The number of nitriles is 1. The van der Waals surface area contributed by atoms with Gasteiger partial charge in [-0.1, -0.05) is 30.3 Å². The number of halogens is 1. The van der Waals surface area contributed by atoms with Crippen molar-refractivity contribution in [2.75, 3.05) is 36.0 Å². The summed E-state index contributed by atoms with van der Waals surface area (Å²) in [5, 5.41) is 9.42. The van der Waals surface area contributed by atoms with Gasteiger partial charge in [0.1, 0.15) is 11.9 Å². The lowest BCUT2D eigenvalue weighted by Crippen LogP contribution is -2.47. The molecule has 0 radical (unpaired) electrons. The van der Waals surface area contributed by atoms with Gasteiger partial charge in [0.25, 0.3) is 0 Å². The van der Waals surface area contributed by atoms with E-state index in [1.54, 1.807) is 12.1 Å². The highest BCUT2D eigenvalue weighted by molar-refractivity contribution is 5.60. The molecule has 0 bridgehead atoms. The summed E-state index contributed by atoms with van der Waals surface area (Å²) in [6.07, 6.45) is 0. The first-order valence-corrected chi connectivity index (χ1v) is 8.47. The third kappa shape index (κ3) is 3.00.